The molecule has 4 heterocycles. The van der Waals surface area contributed by atoms with Crippen molar-refractivity contribution in [1.82, 2.24) is 24.5 Å². The van der Waals surface area contributed by atoms with E-state index in [1.807, 2.05) is 60.3 Å². The van der Waals surface area contributed by atoms with Gasteiger partial charge in [0.25, 0.3) is 0 Å². The number of furan rings is 1. The highest BCUT2D eigenvalue weighted by atomic mass is 79.9. The Morgan fingerprint density at radius 2 is 2.03 bits per heavy atom. The molecule has 1 aromatic carbocycles. The molecule has 32 heavy (non-hydrogen) atoms. The van der Waals surface area contributed by atoms with Gasteiger partial charge in [0.15, 0.2) is 5.65 Å². The number of anilines is 1. The van der Waals surface area contributed by atoms with Crippen LogP contribution in [0.2, 0.25) is 0 Å². The number of aromatic nitrogens is 5. The van der Waals surface area contributed by atoms with E-state index >= 15 is 0 Å². The molecule has 8 nitrogen and oxygen atoms in total. The summed E-state index contributed by atoms with van der Waals surface area (Å²) in [6.45, 7) is 2.62. The van der Waals surface area contributed by atoms with Crippen molar-refractivity contribution >= 4 is 38.6 Å². The van der Waals surface area contributed by atoms with Crippen molar-refractivity contribution in [2.45, 2.75) is 20.0 Å². The van der Waals surface area contributed by atoms with Crippen molar-refractivity contribution in [1.29, 1.82) is 0 Å². The molecule has 9 heteroatoms. The Balaban J connectivity index is 1.31. The second kappa shape index (κ2) is 8.43. The molecule has 1 amide bonds. The number of fused-ring (bicyclic) bond motifs is 1. The first-order valence-corrected chi connectivity index (χ1v) is 10.8. The van der Waals surface area contributed by atoms with Gasteiger partial charge in [-0.05, 0) is 58.7 Å². The Labute approximate surface area is 192 Å². The van der Waals surface area contributed by atoms with Crippen LogP contribution in [0.15, 0.2) is 76.2 Å². The number of aryl methyl sites for hydroxylation is 1. The summed E-state index contributed by atoms with van der Waals surface area (Å²) in [5.41, 5.74) is 4.15. The van der Waals surface area contributed by atoms with Crippen LogP contribution in [0.4, 0.5) is 5.69 Å². The fourth-order valence-corrected chi connectivity index (χ4v) is 4.00. The lowest BCUT2D eigenvalue weighted by Crippen LogP contribution is -2.19. The van der Waals surface area contributed by atoms with Crippen LogP contribution in [0.1, 0.15) is 11.3 Å². The molecule has 0 aliphatic carbocycles. The summed E-state index contributed by atoms with van der Waals surface area (Å²) < 4.78 is 9.95. The molecular weight excluding hydrogens is 472 g/mol. The highest BCUT2D eigenvalue weighted by Crippen LogP contribution is 2.30. The van der Waals surface area contributed by atoms with Crippen LogP contribution >= 0.6 is 15.9 Å². The maximum absolute atomic E-state index is 12.7. The molecule has 0 saturated heterocycles. The Bertz CT molecular complexity index is 1390. The van der Waals surface area contributed by atoms with Crippen molar-refractivity contribution in [2.75, 3.05) is 5.32 Å². The molecule has 0 unspecified atom stereocenters. The summed E-state index contributed by atoms with van der Waals surface area (Å²) in [4.78, 5) is 17.1. The van der Waals surface area contributed by atoms with Gasteiger partial charge in [0.1, 0.15) is 12.3 Å². The normalized spacial score (nSPS) is 11.2. The average Bonchev–Trinajstić information content (AvgIpc) is 3.52. The minimum Gasteiger partial charge on any atom is -0.464 e. The summed E-state index contributed by atoms with van der Waals surface area (Å²) in [6.07, 6.45) is 7.00. The van der Waals surface area contributed by atoms with E-state index < -0.39 is 0 Å². The Morgan fingerprint density at radius 1 is 1.19 bits per heavy atom. The molecule has 160 valence electrons. The van der Waals surface area contributed by atoms with Crippen LogP contribution < -0.4 is 5.32 Å². The second-order valence-corrected chi connectivity index (χ2v) is 8.29. The van der Waals surface area contributed by atoms with Crippen molar-refractivity contribution in [2.24, 2.45) is 0 Å². The van der Waals surface area contributed by atoms with Crippen molar-refractivity contribution < 1.29 is 9.21 Å². The molecule has 0 aliphatic heterocycles. The Hall–Kier alpha value is -3.72. The molecule has 0 radical (unpaired) electrons. The Morgan fingerprint density at radius 3 is 2.75 bits per heavy atom. The molecule has 0 bridgehead atoms. The number of carbonyl (C=O) groups is 1. The third-order valence-corrected chi connectivity index (χ3v) is 5.48. The van der Waals surface area contributed by atoms with Crippen molar-refractivity contribution in [3.8, 4) is 11.3 Å². The molecular formula is C23H19BrN6O2. The van der Waals surface area contributed by atoms with Crippen LogP contribution in [0.25, 0.3) is 22.4 Å². The summed E-state index contributed by atoms with van der Waals surface area (Å²) in [5, 5.41) is 12.6. The smallest absolute Gasteiger partial charge is 0.246 e. The van der Waals surface area contributed by atoms with E-state index in [-0.39, 0.29) is 12.5 Å². The summed E-state index contributed by atoms with van der Waals surface area (Å²) in [7, 11) is 0. The lowest BCUT2D eigenvalue weighted by molar-refractivity contribution is -0.116. The van der Waals surface area contributed by atoms with E-state index in [2.05, 4.69) is 36.4 Å². The molecule has 4 aromatic heterocycles. The van der Waals surface area contributed by atoms with Gasteiger partial charge < -0.3 is 9.73 Å². The molecule has 1 N–H and O–H groups in total. The van der Waals surface area contributed by atoms with E-state index in [1.165, 1.54) is 0 Å². The van der Waals surface area contributed by atoms with E-state index in [9.17, 15) is 4.79 Å². The zero-order valence-electron chi connectivity index (χ0n) is 17.2. The average molecular weight is 491 g/mol. The zero-order valence-corrected chi connectivity index (χ0v) is 18.8. The van der Waals surface area contributed by atoms with Gasteiger partial charge in [-0.2, -0.15) is 10.2 Å². The quantitative estimate of drug-likeness (QED) is 0.374. The lowest BCUT2D eigenvalue weighted by Gasteiger charge is -2.08. The zero-order chi connectivity index (χ0) is 22.1. The summed E-state index contributed by atoms with van der Waals surface area (Å²) in [5.74, 6) is 0.565. The first kappa shape index (κ1) is 20.2. The van der Waals surface area contributed by atoms with Crippen molar-refractivity contribution in [3.05, 3.63) is 83.0 Å². The van der Waals surface area contributed by atoms with Gasteiger partial charge in [0.2, 0.25) is 5.91 Å². The molecule has 0 saturated carbocycles. The summed E-state index contributed by atoms with van der Waals surface area (Å²) >= 11 is 3.39. The van der Waals surface area contributed by atoms with Gasteiger partial charge >= 0.3 is 0 Å². The number of benzene rings is 1. The van der Waals surface area contributed by atoms with Gasteiger partial charge in [0.05, 0.1) is 34.6 Å². The van der Waals surface area contributed by atoms with Gasteiger partial charge in [0, 0.05) is 23.6 Å². The number of halogens is 1. The number of carbonyl (C=O) groups excluding carboxylic acids is 1. The number of amides is 1. The third-order valence-electron chi connectivity index (χ3n) is 5.07. The van der Waals surface area contributed by atoms with Gasteiger partial charge in [-0.25, -0.2) is 9.67 Å². The van der Waals surface area contributed by atoms with Crippen LogP contribution in [0.5, 0.6) is 0 Å². The predicted molar refractivity (Wildman–Crippen MR) is 124 cm³/mol. The number of hydrogen-bond donors (Lipinski definition) is 1. The lowest BCUT2D eigenvalue weighted by atomic mass is 10.1. The molecule has 0 atom stereocenters. The molecule has 0 fully saturated rings. The Kier molecular flexibility index (Phi) is 5.32. The first-order valence-electron chi connectivity index (χ1n) is 9.99. The second-order valence-electron chi connectivity index (χ2n) is 7.38. The van der Waals surface area contributed by atoms with Crippen LogP contribution in [0.3, 0.4) is 0 Å². The topological polar surface area (TPSA) is 90.8 Å². The van der Waals surface area contributed by atoms with Crippen molar-refractivity contribution in [3.63, 3.8) is 0 Å². The van der Waals surface area contributed by atoms with Crippen LogP contribution in [-0.2, 0) is 17.9 Å². The minimum atomic E-state index is -0.177. The monoisotopic (exact) mass is 490 g/mol. The standard InChI is InChI=1S/C23H19BrN6O2/c1-15-22-19(20-3-2-10-32-20)8-9-25-23(22)30(28-15)14-21(31)27-18-6-4-16(5-7-18)12-29-13-17(24)11-26-29/h2-11,13H,12,14H2,1H3,(H,27,31). The fraction of sp³-hybridized carbons (Fsp3) is 0.130. The molecule has 5 rings (SSSR count). The van der Waals surface area contributed by atoms with Gasteiger partial charge in [-0.15, -0.1) is 0 Å². The molecule has 5 aromatic rings. The maximum atomic E-state index is 12.7. The third kappa shape index (κ3) is 4.06. The highest BCUT2D eigenvalue weighted by molar-refractivity contribution is 9.10. The van der Waals surface area contributed by atoms with E-state index in [0.29, 0.717) is 12.2 Å². The number of nitrogens with one attached hydrogen (secondary N) is 1. The first-order chi connectivity index (χ1) is 15.6. The highest BCUT2D eigenvalue weighted by Gasteiger charge is 2.17. The number of pyridine rings is 1. The van der Waals surface area contributed by atoms with Gasteiger partial charge in [-0.3, -0.25) is 9.48 Å². The largest absolute Gasteiger partial charge is 0.464 e. The predicted octanol–water partition coefficient (Wildman–Crippen LogP) is 4.65. The number of nitrogens with zero attached hydrogens (tertiary/aromatic N) is 5. The summed E-state index contributed by atoms with van der Waals surface area (Å²) in [6, 6.07) is 13.3. The number of rotatable bonds is 6. The SMILES string of the molecule is Cc1nn(CC(=O)Nc2ccc(Cn3cc(Br)cn3)cc2)c2nccc(-c3ccco3)c12. The molecule has 0 spiro atoms. The molecule has 0 aliphatic rings. The maximum Gasteiger partial charge on any atom is 0.246 e. The van der Waals surface area contributed by atoms with E-state index in [0.717, 1.165) is 38.1 Å². The van der Waals surface area contributed by atoms with E-state index in [4.69, 9.17) is 4.42 Å². The minimum absolute atomic E-state index is 0.0576. The van der Waals surface area contributed by atoms with Crippen LogP contribution in [-0.4, -0.2) is 30.5 Å². The number of hydrogen-bond acceptors (Lipinski definition) is 5. The fourth-order valence-electron chi connectivity index (χ4n) is 3.67. The van der Waals surface area contributed by atoms with Crippen LogP contribution in [0, 0.1) is 6.92 Å². The van der Waals surface area contributed by atoms with E-state index in [1.54, 1.807) is 23.3 Å². The van der Waals surface area contributed by atoms with Gasteiger partial charge in [-0.1, -0.05) is 12.1 Å².